The van der Waals surface area contributed by atoms with Crippen LogP contribution in [0, 0.1) is 5.92 Å². The molecule has 128 valence electrons. The van der Waals surface area contributed by atoms with Gasteiger partial charge in [-0.1, -0.05) is 32.0 Å². The summed E-state index contributed by atoms with van der Waals surface area (Å²) < 4.78 is 1.13. The van der Waals surface area contributed by atoms with Crippen LogP contribution in [0.15, 0.2) is 42.5 Å². The quantitative estimate of drug-likeness (QED) is 0.577. The molecule has 0 saturated heterocycles. The van der Waals surface area contributed by atoms with Gasteiger partial charge in [0.05, 0.1) is 15.2 Å². The molecule has 25 heavy (non-hydrogen) atoms. The van der Waals surface area contributed by atoms with E-state index in [9.17, 15) is 9.59 Å². The summed E-state index contributed by atoms with van der Waals surface area (Å²) in [4.78, 5) is 33.4. The number of pyridine rings is 1. The number of ketones is 2. The van der Waals surface area contributed by atoms with Gasteiger partial charge in [0, 0.05) is 19.3 Å². The Balaban J connectivity index is 1.67. The van der Waals surface area contributed by atoms with E-state index in [-0.39, 0.29) is 17.5 Å². The molecule has 2 aromatic heterocycles. The molecule has 1 aromatic carbocycles. The largest absolute Gasteiger partial charge is 0.292 e. The van der Waals surface area contributed by atoms with E-state index >= 15 is 0 Å². The van der Waals surface area contributed by atoms with Gasteiger partial charge in [0.1, 0.15) is 11.4 Å². The van der Waals surface area contributed by atoms with Crippen molar-refractivity contribution in [2.45, 2.75) is 33.1 Å². The number of aromatic nitrogens is 2. The van der Waals surface area contributed by atoms with Crippen LogP contribution in [0.2, 0.25) is 0 Å². The van der Waals surface area contributed by atoms with E-state index in [0.717, 1.165) is 15.2 Å². The van der Waals surface area contributed by atoms with Crippen LogP contribution < -0.4 is 0 Å². The zero-order valence-corrected chi connectivity index (χ0v) is 15.2. The second-order valence-corrected chi connectivity index (χ2v) is 7.54. The first-order valence-electron chi connectivity index (χ1n) is 8.41. The molecule has 3 rings (SSSR count). The summed E-state index contributed by atoms with van der Waals surface area (Å²) in [5.74, 6) is 0.196. The lowest BCUT2D eigenvalue weighted by atomic mass is 10.0. The fourth-order valence-corrected chi connectivity index (χ4v) is 3.56. The first kappa shape index (κ1) is 17.4. The van der Waals surface area contributed by atoms with Crippen molar-refractivity contribution in [3.05, 3.63) is 58.9 Å². The molecule has 3 aromatic rings. The SMILES string of the molecule is CC(C)CC(=O)c1cccc(C(=O)CCc2nc3ccccc3s2)n1. The van der Waals surface area contributed by atoms with E-state index in [4.69, 9.17) is 0 Å². The van der Waals surface area contributed by atoms with Crippen molar-refractivity contribution in [3.8, 4) is 0 Å². The molecule has 0 spiro atoms. The molecule has 0 aliphatic heterocycles. The normalized spacial score (nSPS) is 11.2. The maximum atomic E-state index is 12.4. The number of para-hydroxylation sites is 1. The van der Waals surface area contributed by atoms with Gasteiger partial charge < -0.3 is 0 Å². The predicted molar refractivity (Wildman–Crippen MR) is 100 cm³/mol. The molecular formula is C20H20N2O2S. The molecular weight excluding hydrogens is 332 g/mol. The summed E-state index contributed by atoms with van der Waals surface area (Å²) in [6.45, 7) is 3.98. The molecule has 2 heterocycles. The van der Waals surface area contributed by atoms with Gasteiger partial charge >= 0.3 is 0 Å². The average molecular weight is 352 g/mol. The standard InChI is InChI=1S/C20H20N2O2S/c1-13(2)12-18(24)15-8-5-7-14(21-15)17(23)10-11-20-22-16-6-3-4-9-19(16)25-20/h3-9,13H,10-12H2,1-2H3. The Bertz CT molecular complexity index is 882. The molecule has 5 heteroatoms. The van der Waals surface area contributed by atoms with Crippen molar-refractivity contribution in [2.75, 3.05) is 0 Å². The van der Waals surface area contributed by atoms with E-state index in [1.807, 2.05) is 38.1 Å². The molecule has 4 nitrogen and oxygen atoms in total. The topological polar surface area (TPSA) is 59.9 Å². The molecule has 0 bridgehead atoms. The van der Waals surface area contributed by atoms with Crippen LogP contribution in [0.25, 0.3) is 10.2 Å². The second-order valence-electron chi connectivity index (χ2n) is 6.43. The Labute approximate surface area is 150 Å². The zero-order valence-electron chi connectivity index (χ0n) is 14.4. The maximum Gasteiger partial charge on any atom is 0.181 e. The van der Waals surface area contributed by atoms with Crippen LogP contribution in [0.3, 0.4) is 0 Å². The summed E-state index contributed by atoms with van der Waals surface area (Å²) >= 11 is 1.61. The molecule has 0 fully saturated rings. The van der Waals surface area contributed by atoms with Gasteiger partial charge in [-0.2, -0.15) is 0 Å². The van der Waals surface area contributed by atoms with E-state index in [2.05, 4.69) is 9.97 Å². The number of hydrogen-bond acceptors (Lipinski definition) is 5. The molecule has 0 aliphatic rings. The Morgan fingerprint density at radius 2 is 1.68 bits per heavy atom. The van der Waals surface area contributed by atoms with Crippen molar-refractivity contribution in [3.63, 3.8) is 0 Å². The molecule has 0 aliphatic carbocycles. The lowest BCUT2D eigenvalue weighted by Gasteiger charge is -2.05. The monoisotopic (exact) mass is 352 g/mol. The highest BCUT2D eigenvalue weighted by Crippen LogP contribution is 2.22. The van der Waals surface area contributed by atoms with Crippen LogP contribution in [0.4, 0.5) is 0 Å². The number of rotatable bonds is 7. The third kappa shape index (κ3) is 4.37. The number of carbonyl (C=O) groups excluding carboxylic acids is 2. The van der Waals surface area contributed by atoms with E-state index in [1.54, 1.807) is 29.5 Å². The van der Waals surface area contributed by atoms with Gasteiger partial charge in [0.15, 0.2) is 11.6 Å². The van der Waals surface area contributed by atoms with E-state index in [0.29, 0.717) is 30.7 Å². The summed E-state index contributed by atoms with van der Waals surface area (Å²) in [5.41, 5.74) is 1.70. The number of carbonyl (C=O) groups is 2. The second kappa shape index (κ2) is 7.66. The molecule has 0 unspecified atom stereocenters. The third-order valence-electron chi connectivity index (χ3n) is 3.82. The Morgan fingerprint density at radius 1 is 0.960 bits per heavy atom. The number of nitrogens with zero attached hydrogens (tertiary/aromatic N) is 2. The van der Waals surface area contributed by atoms with Gasteiger partial charge in [-0.05, 0) is 30.2 Å². The van der Waals surface area contributed by atoms with Crippen LogP contribution in [-0.2, 0) is 6.42 Å². The molecule has 0 amide bonds. The number of aryl methyl sites for hydroxylation is 1. The van der Waals surface area contributed by atoms with Crippen LogP contribution >= 0.6 is 11.3 Å². The fourth-order valence-electron chi connectivity index (χ4n) is 2.60. The van der Waals surface area contributed by atoms with Gasteiger partial charge in [-0.15, -0.1) is 11.3 Å². The van der Waals surface area contributed by atoms with Crippen molar-refractivity contribution < 1.29 is 9.59 Å². The first-order valence-corrected chi connectivity index (χ1v) is 9.22. The summed E-state index contributed by atoms with van der Waals surface area (Å²) in [6, 6.07) is 13.0. The van der Waals surface area contributed by atoms with Gasteiger partial charge in [0.25, 0.3) is 0 Å². The number of benzene rings is 1. The minimum atomic E-state index is -0.0570. The van der Waals surface area contributed by atoms with Crippen molar-refractivity contribution in [1.29, 1.82) is 0 Å². The van der Waals surface area contributed by atoms with Crippen LogP contribution in [-0.4, -0.2) is 21.5 Å². The van der Waals surface area contributed by atoms with Gasteiger partial charge in [-0.25, -0.2) is 9.97 Å². The lowest BCUT2D eigenvalue weighted by molar-refractivity contribution is 0.0962. The van der Waals surface area contributed by atoms with Crippen molar-refractivity contribution in [1.82, 2.24) is 9.97 Å². The fraction of sp³-hybridized carbons (Fsp3) is 0.300. The highest BCUT2D eigenvalue weighted by Gasteiger charge is 2.14. The molecule has 0 radical (unpaired) electrons. The number of Topliss-reactive ketones (excluding diaryl/α,β-unsaturated/α-hetero) is 2. The summed E-state index contributed by atoms with van der Waals surface area (Å²) in [6.07, 6.45) is 1.37. The predicted octanol–water partition coefficient (Wildman–Crippen LogP) is 4.74. The number of fused-ring (bicyclic) bond motifs is 1. The van der Waals surface area contributed by atoms with E-state index in [1.165, 1.54) is 0 Å². The maximum absolute atomic E-state index is 12.4. The van der Waals surface area contributed by atoms with Gasteiger partial charge in [0.2, 0.25) is 0 Å². The number of thiazole rings is 1. The smallest absolute Gasteiger partial charge is 0.181 e. The average Bonchev–Trinajstić information content (AvgIpc) is 3.02. The van der Waals surface area contributed by atoms with Crippen LogP contribution in [0.5, 0.6) is 0 Å². The van der Waals surface area contributed by atoms with E-state index < -0.39 is 0 Å². The number of hydrogen-bond donors (Lipinski definition) is 0. The third-order valence-corrected chi connectivity index (χ3v) is 4.91. The molecule has 0 saturated carbocycles. The zero-order chi connectivity index (χ0) is 17.8. The molecule has 0 N–H and O–H groups in total. The summed E-state index contributed by atoms with van der Waals surface area (Å²) in [7, 11) is 0. The lowest BCUT2D eigenvalue weighted by Crippen LogP contribution is -2.10. The Morgan fingerprint density at radius 3 is 2.40 bits per heavy atom. The van der Waals surface area contributed by atoms with Crippen LogP contribution in [0.1, 0.15) is 52.7 Å². The highest BCUT2D eigenvalue weighted by atomic mass is 32.1. The Kier molecular flexibility index (Phi) is 5.34. The molecule has 0 atom stereocenters. The summed E-state index contributed by atoms with van der Waals surface area (Å²) in [5, 5.41) is 0.946. The van der Waals surface area contributed by atoms with Crippen molar-refractivity contribution in [2.24, 2.45) is 5.92 Å². The minimum absolute atomic E-state index is 0.0178. The minimum Gasteiger partial charge on any atom is -0.292 e. The van der Waals surface area contributed by atoms with Gasteiger partial charge in [-0.3, -0.25) is 9.59 Å². The Hall–Kier alpha value is -2.40. The van der Waals surface area contributed by atoms with Crippen molar-refractivity contribution >= 4 is 33.1 Å². The first-order chi connectivity index (χ1) is 12.0. The highest BCUT2D eigenvalue weighted by molar-refractivity contribution is 7.18.